The van der Waals surface area contributed by atoms with Gasteiger partial charge in [0.15, 0.2) is 0 Å². The fourth-order valence-corrected chi connectivity index (χ4v) is 7.75. The normalized spacial score (nSPS) is 9.74. The summed E-state index contributed by atoms with van der Waals surface area (Å²) in [5.74, 6) is -3.84. The maximum absolute atomic E-state index is 10.8. The average Bonchev–Trinajstić information content (AvgIpc) is 3.99. The number of pyridine rings is 3. The first-order chi connectivity index (χ1) is 27.6. The number of thiazole rings is 3. The van der Waals surface area contributed by atoms with Crippen LogP contribution in [0.1, 0.15) is 38.4 Å². The molecule has 0 atom stereocenters. The van der Waals surface area contributed by atoms with Crippen LogP contribution < -0.4 is 15.3 Å². The van der Waals surface area contributed by atoms with E-state index >= 15 is 0 Å². The second-order valence-electron chi connectivity index (χ2n) is 11.4. The van der Waals surface area contributed by atoms with E-state index in [1.807, 2.05) is 72.8 Å². The Labute approximate surface area is 390 Å². The quantitative estimate of drug-likeness (QED) is 0.234. The average molecular weight is 1030 g/mol. The maximum atomic E-state index is 10.8. The number of nitrogens with zero attached hydrogens (tertiary/aromatic N) is 6. The summed E-state index contributed by atoms with van der Waals surface area (Å²) >= 11 is 4.45. The molecule has 61 heavy (non-hydrogen) atoms. The molecule has 0 spiro atoms. The van der Waals surface area contributed by atoms with E-state index in [0.717, 1.165) is 30.6 Å². The van der Waals surface area contributed by atoms with Gasteiger partial charge in [0.05, 0.1) is 82.7 Å². The molecule has 6 heterocycles. The van der Waals surface area contributed by atoms with Crippen molar-refractivity contribution in [2.45, 2.75) is 6.92 Å². The first-order valence-corrected chi connectivity index (χ1v) is 19.3. The number of fused-ring (bicyclic) bond motifs is 3. The van der Waals surface area contributed by atoms with Gasteiger partial charge >= 0.3 is 39.9 Å². The number of rotatable bonds is 6. The Balaban J connectivity index is 0.000000295. The Kier molecular flexibility index (Phi) is 20.7. The molecule has 0 bridgehead atoms. The van der Waals surface area contributed by atoms with E-state index < -0.39 is 17.9 Å². The minimum atomic E-state index is -1.28. The molecule has 9 rings (SSSR count). The summed E-state index contributed by atoms with van der Waals surface area (Å²) < 4.78 is 3.15. The van der Waals surface area contributed by atoms with Crippen LogP contribution in [-0.4, -0.2) is 65.0 Å². The first kappa shape index (κ1) is 51.5. The number of aliphatic hydroxyl groups excluding tert-OH is 1. The SMILES string of the molecule is CCO.O.O=C([O-])c1cccc(-c2nc3ccccc3s2)n1.O=C([O-])c1cccc(-c2nc3ccccc3s2)n1.O=C([O-])c1cccc(-c2nc3ccccc3s2)n1.[Gd+3].[OH3+].[OH3+]. The molecule has 313 valence electrons. The van der Waals surface area contributed by atoms with Crippen molar-refractivity contribution in [2.24, 2.45) is 0 Å². The van der Waals surface area contributed by atoms with Crippen molar-refractivity contribution < 1.29 is 91.2 Å². The molecular weight excluding hydrogens is 990 g/mol. The van der Waals surface area contributed by atoms with Gasteiger partial charge in [0.1, 0.15) is 15.0 Å². The van der Waals surface area contributed by atoms with Crippen LogP contribution in [0.15, 0.2) is 127 Å². The maximum Gasteiger partial charge on any atom is 3.00 e. The predicted octanol–water partition coefficient (Wildman–Crippen LogP) is 2.50. The van der Waals surface area contributed by atoms with Crippen LogP contribution in [0.25, 0.3) is 62.8 Å². The van der Waals surface area contributed by atoms with E-state index in [1.165, 1.54) is 52.2 Å². The second kappa shape index (κ2) is 24.6. The van der Waals surface area contributed by atoms with E-state index in [1.54, 1.807) is 43.3 Å². The molecule has 6 aromatic heterocycles. The van der Waals surface area contributed by atoms with Crippen molar-refractivity contribution in [3.05, 3.63) is 144 Å². The number of hydrogen-bond acceptors (Lipinski definition) is 16. The van der Waals surface area contributed by atoms with Crippen molar-refractivity contribution in [1.82, 2.24) is 29.9 Å². The zero-order chi connectivity index (χ0) is 40.3. The molecule has 0 saturated carbocycles. The number of carbonyl (C=O) groups excluding carboxylic acids is 3. The van der Waals surface area contributed by atoms with Gasteiger partial charge in [-0.1, -0.05) is 54.6 Å². The molecule has 1 radical (unpaired) electrons. The van der Waals surface area contributed by atoms with Crippen LogP contribution in [-0.2, 0) is 11.0 Å². The molecule has 9 N–H and O–H groups in total. The molecule has 0 unspecified atom stereocenters. The van der Waals surface area contributed by atoms with Gasteiger partial charge in [0.2, 0.25) is 0 Å². The molecule has 16 nitrogen and oxygen atoms in total. The Morgan fingerprint density at radius 1 is 0.459 bits per heavy atom. The molecular formula is C41H35GdN6O10S3+2. The molecule has 0 aliphatic heterocycles. The molecule has 0 amide bonds. The Bertz CT molecular complexity index is 2450. The fourth-order valence-electron chi connectivity index (χ4n) is 4.95. The van der Waals surface area contributed by atoms with Crippen molar-refractivity contribution in [3.63, 3.8) is 0 Å². The number of aromatic carboxylic acids is 3. The summed E-state index contributed by atoms with van der Waals surface area (Å²) in [4.78, 5) is 57.6. The largest absolute Gasteiger partial charge is 3.00 e. The van der Waals surface area contributed by atoms with E-state index in [4.69, 9.17) is 5.11 Å². The van der Waals surface area contributed by atoms with E-state index in [2.05, 4.69) is 29.9 Å². The van der Waals surface area contributed by atoms with Crippen LogP contribution in [0.3, 0.4) is 0 Å². The smallest absolute Gasteiger partial charge is 0.543 e. The fraction of sp³-hybridized carbons (Fsp3) is 0.0488. The van der Waals surface area contributed by atoms with Crippen LogP contribution in [0.2, 0.25) is 0 Å². The molecule has 0 aliphatic carbocycles. The number of aliphatic hydroxyl groups is 1. The van der Waals surface area contributed by atoms with Crippen LogP contribution >= 0.6 is 34.0 Å². The van der Waals surface area contributed by atoms with Crippen molar-refractivity contribution >= 4 is 82.6 Å². The third-order valence-electron chi connectivity index (χ3n) is 7.41. The summed E-state index contributed by atoms with van der Waals surface area (Å²) in [7, 11) is 0. The molecule has 0 saturated heterocycles. The van der Waals surface area contributed by atoms with Crippen LogP contribution in [0, 0.1) is 39.9 Å². The van der Waals surface area contributed by atoms with Gasteiger partial charge < -0.3 is 51.2 Å². The summed E-state index contributed by atoms with van der Waals surface area (Å²) in [6.07, 6.45) is 0. The van der Waals surface area contributed by atoms with Gasteiger partial charge in [0.25, 0.3) is 0 Å². The number of benzene rings is 3. The van der Waals surface area contributed by atoms with Gasteiger partial charge in [-0.2, -0.15) is 0 Å². The molecule has 0 fully saturated rings. The number of carboxylic acids is 3. The first-order valence-electron chi connectivity index (χ1n) is 16.9. The number of aromatic nitrogens is 6. The van der Waals surface area contributed by atoms with E-state index in [0.29, 0.717) is 32.1 Å². The topological polar surface area (TPSA) is 315 Å². The number of para-hydroxylation sites is 3. The monoisotopic (exact) mass is 1030 g/mol. The Morgan fingerprint density at radius 3 is 0.934 bits per heavy atom. The van der Waals surface area contributed by atoms with Gasteiger partial charge in [-0.25, -0.2) is 29.9 Å². The third kappa shape index (κ3) is 13.4. The molecule has 0 aliphatic rings. The Morgan fingerprint density at radius 2 is 0.705 bits per heavy atom. The predicted molar refractivity (Wildman–Crippen MR) is 228 cm³/mol. The van der Waals surface area contributed by atoms with E-state index in [-0.39, 0.29) is 80.1 Å². The summed E-state index contributed by atoms with van der Waals surface area (Å²) in [5, 5.41) is 42.0. The van der Waals surface area contributed by atoms with Crippen LogP contribution in [0.4, 0.5) is 0 Å². The minimum Gasteiger partial charge on any atom is -0.543 e. The van der Waals surface area contributed by atoms with E-state index in [9.17, 15) is 29.7 Å². The zero-order valence-electron chi connectivity index (χ0n) is 31.6. The van der Waals surface area contributed by atoms with Crippen molar-refractivity contribution in [2.75, 3.05) is 6.61 Å². The van der Waals surface area contributed by atoms with Crippen molar-refractivity contribution in [1.29, 1.82) is 0 Å². The zero-order valence-corrected chi connectivity index (χ0v) is 36.4. The van der Waals surface area contributed by atoms with Crippen LogP contribution in [0.5, 0.6) is 0 Å². The van der Waals surface area contributed by atoms with Crippen molar-refractivity contribution in [3.8, 4) is 32.1 Å². The standard InChI is InChI=1S/3C13H8N2O2S.C2H6O.Gd.3H2O/c3*16-13(17)10-6-3-5-9(14-10)12-15-8-4-1-2-7-11(8)18-12;1-2-3;;;;/h3*1-7H,(H,16,17);3H,2H2,1H3;;3*1H2/q;;;;+3;;;/p-1. The van der Waals surface area contributed by atoms with Gasteiger partial charge in [-0.05, 0) is 79.7 Å². The number of hydrogen-bond donors (Lipinski definition) is 1. The number of carbonyl (C=O) groups is 3. The molecule has 9 aromatic rings. The van der Waals surface area contributed by atoms with Gasteiger partial charge in [-0.15, -0.1) is 34.0 Å². The number of carboxylic acid groups (broad SMARTS) is 3. The minimum absolute atomic E-state index is 0. The summed E-state index contributed by atoms with van der Waals surface area (Å²) in [5.41, 5.74) is 4.09. The van der Waals surface area contributed by atoms with Gasteiger partial charge in [0, 0.05) is 6.61 Å². The Hall–Kier alpha value is -5.65. The summed E-state index contributed by atoms with van der Waals surface area (Å²) in [6, 6.07) is 37.6. The van der Waals surface area contributed by atoms with Gasteiger partial charge in [-0.3, -0.25) is 0 Å². The molecule has 3 aromatic carbocycles. The summed E-state index contributed by atoms with van der Waals surface area (Å²) in [6.45, 7) is 1.93. The third-order valence-corrected chi connectivity index (χ3v) is 10.6. The second-order valence-corrected chi connectivity index (χ2v) is 14.5. The molecule has 20 heteroatoms.